The van der Waals surface area contributed by atoms with Crippen LogP contribution in [0.1, 0.15) is 115 Å². The summed E-state index contributed by atoms with van der Waals surface area (Å²) in [5.74, 6) is 0.0186. The molecule has 0 fully saturated rings. The third-order valence-corrected chi connectivity index (χ3v) is 10.7. The number of hydrogen-bond acceptors (Lipinski definition) is 6. The molecule has 7 rings (SSSR count). The molecule has 322 valence electrons. The van der Waals surface area contributed by atoms with Crippen molar-refractivity contribution < 1.29 is 36.6 Å². The molecule has 0 aliphatic carbocycles. The van der Waals surface area contributed by atoms with Crippen LogP contribution in [-0.2, 0) is 34.0 Å². The molecule has 0 saturated carbocycles. The number of phenols is 2. The summed E-state index contributed by atoms with van der Waals surface area (Å²) in [5.41, 5.74) is 3.00. The number of fused-ring (bicyclic) bond motifs is 2. The molecule has 0 saturated heterocycles. The fourth-order valence-electron chi connectivity index (χ4n) is 6.86. The SMILES string of the molecule is CC(C)(C)c1cc(-n2nc3ccc(C(F)(F)F)cc3n2)c(O)c(C(C)(C)C)c1.CC(C)(C)c1cc(-n2nc3ccc(C(F)(F)F)cc3n2)c(O)c(C(C)(C)c2ccccc2)c1. The highest BCUT2D eigenvalue weighted by molar-refractivity contribution is 5.76. The highest BCUT2D eigenvalue weighted by Gasteiger charge is 2.34. The molecule has 0 unspecified atom stereocenters. The molecule has 2 aromatic heterocycles. The van der Waals surface area contributed by atoms with Gasteiger partial charge in [-0.15, -0.1) is 30.0 Å². The van der Waals surface area contributed by atoms with E-state index in [2.05, 4.69) is 61.9 Å². The van der Waals surface area contributed by atoms with Gasteiger partial charge < -0.3 is 10.2 Å². The second kappa shape index (κ2) is 15.2. The molecule has 61 heavy (non-hydrogen) atoms. The van der Waals surface area contributed by atoms with Gasteiger partial charge in [-0.05, 0) is 81.5 Å². The Kier molecular flexibility index (Phi) is 11.1. The molecule has 2 N–H and O–H groups in total. The van der Waals surface area contributed by atoms with E-state index in [1.807, 2.05) is 77.1 Å². The smallest absolute Gasteiger partial charge is 0.416 e. The van der Waals surface area contributed by atoms with E-state index in [0.717, 1.165) is 46.5 Å². The molecule has 0 amide bonds. The number of rotatable bonds is 4. The van der Waals surface area contributed by atoms with Crippen molar-refractivity contribution in [1.82, 2.24) is 30.0 Å². The summed E-state index contributed by atoms with van der Waals surface area (Å²) in [4.78, 5) is 2.44. The molecule has 0 aliphatic heterocycles. The lowest BCUT2D eigenvalue weighted by Gasteiger charge is -2.30. The highest BCUT2D eigenvalue weighted by Crippen LogP contribution is 2.43. The van der Waals surface area contributed by atoms with Gasteiger partial charge in [0.1, 0.15) is 44.9 Å². The van der Waals surface area contributed by atoms with Crippen molar-refractivity contribution in [3.8, 4) is 22.9 Å². The Morgan fingerprint density at radius 2 is 0.770 bits per heavy atom. The molecule has 5 aromatic carbocycles. The number of hydrogen-bond donors (Lipinski definition) is 2. The highest BCUT2D eigenvalue weighted by atomic mass is 19.4. The Morgan fingerprint density at radius 3 is 1.15 bits per heavy atom. The Hall–Kier alpha value is -5.92. The summed E-state index contributed by atoms with van der Waals surface area (Å²) < 4.78 is 78.4. The van der Waals surface area contributed by atoms with E-state index >= 15 is 0 Å². The summed E-state index contributed by atoms with van der Waals surface area (Å²) in [7, 11) is 0. The molecule has 0 bridgehead atoms. The number of alkyl halides is 6. The number of phenolic OH excluding ortho intramolecular Hbond substituents is 2. The topological polar surface area (TPSA) is 102 Å². The van der Waals surface area contributed by atoms with Crippen LogP contribution in [0.5, 0.6) is 11.5 Å². The van der Waals surface area contributed by atoms with Crippen molar-refractivity contribution in [3.63, 3.8) is 0 Å². The molecule has 7 aromatic rings. The minimum atomic E-state index is -4.47. The monoisotopic (exact) mass is 844 g/mol. The maximum atomic E-state index is 13.1. The van der Waals surface area contributed by atoms with Gasteiger partial charge in [0.2, 0.25) is 0 Å². The fraction of sp³-hybridized carbons (Fsp3) is 0.362. The first kappa shape index (κ1) is 44.6. The fourth-order valence-corrected chi connectivity index (χ4v) is 6.86. The van der Waals surface area contributed by atoms with Gasteiger partial charge in [0, 0.05) is 16.5 Å². The molecular weight excluding hydrogens is 795 g/mol. The van der Waals surface area contributed by atoms with Gasteiger partial charge in [0.25, 0.3) is 0 Å². The van der Waals surface area contributed by atoms with Crippen LogP contribution in [-0.4, -0.2) is 40.2 Å². The standard InChI is InChI=1S/C26H26F3N3O.C21H24F3N3O/c1-24(2,3)18-13-19(25(4,5)16-9-7-6-8-10-16)23(33)22(15-18)32-30-20-12-11-17(26(27,28)29)14-21(20)31-32;1-19(2,3)13-9-14(20(4,5)6)18(28)17(11-13)27-25-15-8-7-12(21(22,23)24)10-16(15)26-27/h6-15,33H,1-5H3;7-11,28H,1-6H3. The molecular formula is C47H50F6N6O2. The molecule has 0 radical (unpaired) electrons. The summed E-state index contributed by atoms with van der Waals surface area (Å²) in [6, 6.07) is 23.8. The van der Waals surface area contributed by atoms with Crippen molar-refractivity contribution in [2.45, 2.75) is 110 Å². The second-order valence-corrected chi connectivity index (χ2v) is 18.9. The summed E-state index contributed by atoms with van der Waals surface area (Å²) in [6.07, 6.45) is -8.93. The average Bonchev–Trinajstić information content (AvgIpc) is 3.77. The van der Waals surface area contributed by atoms with Crippen molar-refractivity contribution in [2.75, 3.05) is 0 Å². The molecule has 2 heterocycles. The molecule has 14 heteroatoms. The maximum absolute atomic E-state index is 13.1. The lowest BCUT2D eigenvalue weighted by atomic mass is 9.75. The van der Waals surface area contributed by atoms with Crippen molar-refractivity contribution in [3.05, 3.63) is 130 Å². The van der Waals surface area contributed by atoms with Gasteiger partial charge in [-0.2, -0.15) is 26.3 Å². The van der Waals surface area contributed by atoms with Crippen molar-refractivity contribution in [2.24, 2.45) is 0 Å². The second-order valence-electron chi connectivity index (χ2n) is 18.9. The molecule has 0 atom stereocenters. The van der Waals surface area contributed by atoms with Gasteiger partial charge in [0.15, 0.2) is 0 Å². The van der Waals surface area contributed by atoms with Crippen LogP contribution < -0.4 is 0 Å². The van der Waals surface area contributed by atoms with Gasteiger partial charge >= 0.3 is 12.4 Å². The number of aromatic hydroxyl groups is 2. The Bertz CT molecular complexity index is 2730. The van der Waals surface area contributed by atoms with Crippen LogP contribution in [0.25, 0.3) is 33.4 Å². The van der Waals surface area contributed by atoms with Gasteiger partial charge in [0.05, 0.1) is 11.1 Å². The van der Waals surface area contributed by atoms with E-state index in [1.165, 1.54) is 21.7 Å². The van der Waals surface area contributed by atoms with E-state index in [-0.39, 0.29) is 38.8 Å². The van der Waals surface area contributed by atoms with Gasteiger partial charge in [-0.3, -0.25) is 0 Å². The lowest BCUT2D eigenvalue weighted by Crippen LogP contribution is -2.22. The third-order valence-electron chi connectivity index (χ3n) is 10.7. The predicted molar refractivity (Wildman–Crippen MR) is 226 cm³/mol. The Balaban J connectivity index is 0.000000207. The van der Waals surface area contributed by atoms with Crippen LogP contribution in [0, 0.1) is 0 Å². The van der Waals surface area contributed by atoms with E-state index in [1.54, 1.807) is 12.1 Å². The minimum absolute atomic E-state index is 0.00629. The quantitative estimate of drug-likeness (QED) is 0.171. The van der Waals surface area contributed by atoms with Crippen LogP contribution in [0.15, 0.2) is 91.0 Å². The number of nitrogens with zero attached hydrogens (tertiary/aromatic N) is 6. The first-order valence-corrected chi connectivity index (χ1v) is 19.7. The van der Waals surface area contributed by atoms with E-state index < -0.39 is 28.9 Å². The first-order chi connectivity index (χ1) is 28.0. The molecule has 0 spiro atoms. The Labute approximate surface area is 350 Å². The van der Waals surface area contributed by atoms with Gasteiger partial charge in [-0.25, -0.2) is 0 Å². The van der Waals surface area contributed by atoms with E-state index in [9.17, 15) is 36.6 Å². The number of aromatic nitrogens is 6. The first-order valence-electron chi connectivity index (χ1n) is 19.7. The molecule has 0 aliphatic rings. The Morgan fingerprint density at radius 1 is 0.393 bits per heavy atom. The van der Waals surface area contributed by atoms with Gasteiger partial charge in [-0.1, -0.05) is 119 Å². The van der Waals surface area contributed by atoms with E-state index in [4.69, 9.17) is 0 Å². The third kappa shape index (κ3) is 9.23. The zero-order valence-corrected chi connectivity index (χ0v) is 36.0. The van der Waals surface area contributed by atoms with Crippen molar-refractivity contribution >= 4 is 22.1 Å². The zero-order valence-electron chi connectivity index (χ0n) is 36.0. The van der Waals surface area contributed by atoms with Crippen LogP contribution >= 0.6 is 0 Å². The number of benzene rings is 5. The van der Waals surface area contributed by atoms with Crippen LogP contribution in [0.3, 0.4) is 0 Å². The average molecular weight is 845 g/mol. The summed E-state index contributed by atoms with van der Waals surface area (Å²) in [5, 5.41) is 39.4. The van der Waals surface area contributed by atoms with Crippen LogP contribution in [0.2, 0.25) is 0 Å². The zero-order chi connectivity index (χ0) is 45.2. The molecule has 8 nitrogen and oxygen atoms in total. The maximum Gasteiger partial charge on any atom is 0.416 e. The van der Waals surface area contributed by atoms with E-state index in [0.29, 0.717) is 28.0 Å². The largest absolute Gasteiger partial charge is 0.505 e. The summed E-state index contributed by atoms with van der Waals surface area (Å²) >= 11 is 0. The lowest BCUT2D eigenvalue weighted by molar-refractivity contribution is -0.138. The normalized spacial score (nSPS) is 13.1. The predicted octanol–water partition coefficient (Wildman–Crippen LogP) is 12.5. The minimum Gasteiger partial charge on any atom is -0.505 e. The van der Waals surface area contributed by atoms with Crippen LogP contribution in [0.4, 0.5) is 26.3 Å². The number of halogens is 6. The van der Waals surface area contributed by atoms with Crippen molar-refractivity contribution in [1.29, 1.82) is 0 Å². The summed E-state index contributed by atoms with van der Waals surface area (Å²) in [6.45, 7) is 22.4.